The molecular formula is C9H10N8. The summed E-state index contributed by atoms with van der Waals surface area (Å²) < 4.78 is 1.57. The largest absolute Gasteiger partial charge is 0.354 e. The van der Waals surface area contributed by atoms with Gasteiger partial charge in [0.2, 0.25) is 5.95 Å². The van der Waals surface area contributed by atoms with Crippen molar-refractivity contribution in [2.24, 2.45) is 0 Å². The van der Waals surface area contributed by atoms with Crippen molar-refractivity contribution in [1.29, 1.82) is 0 Å². The van der Waals surface area contributed by atoms with Gasteiger partial charge in [-0.05, 0) is 6.92 Å². The van der Waals surface area contributed by atoms with E-state index in [2.05, 4.69) is 35.3 Å². The molecule has 0 radical (unpaired) electrons. The lowest BCUT2D eigenvalue weighted by atomic mass is 10.5. The minimum absolute atomic E-state index is 0.526. The Labute approximate surface area is 96.1 Å². The monoisotopic (exact) mass is 230 g/mol. The smallest absolute Gasteiger partial charge is 0.226 e. The van der Waals surface area contributed by atoms with Crippen molar-refractivity contribution in [1.82, 2.24) is 34.7 Å². The number of H-pyrrole nitrogens is 1. The molecule has 0 saturated heterocycles. The summed E-state index contributed by atoms with van der Waals surface area (Å²) in [5.74, 6) is 1.15. The minimum atomic E-state index is 0.526. The zero-order valence-electron chi connectivity index (χ0n) is 9.12. The Morgan fingerprint density at radius 2 is 2.35 bits per heavy atom. The fourth-order valence-corrected chi connectivity index (χ4v) is 1.54. The number of imidazole rings is 1. The van der Waals surface area contributed by atoms with E-state index < -0.39 is 0 Å². The van der Waals surface area contributed by atoms with Gasteiger partial charge in [0.15, 0.2) is 11.5 Å². The highest BCUT2D eigenvalue weighted by Gasteiger charge is 2.11. The molecule has 0 unspecified atom stereocenters. The first-order valence-corrected chi connectivity index (χ1v) is 5.18. The Balaban J connectivity index is 2.23. The van der Waals surface area contributed by atoms with Crippen molar-refractivity contribution in [3.63, 3.8) is 0 Å². The molecule has 0 aliphatic heterocycles. The average Bonchev–Trinajstić information content (AvgIpc) is 2.99. The van der Waals surface area contributed by atoms with Gasteiger partial charge in [0, 0.05) is 6.54 Å². The molecule has 0 saturated carbocycles. The molecule has 8 heteroatoms. The van der Waals surface area contributed by atoms with E-state index in [-0.39, 0.29) is 0 Å². The van der Waals surface area contributed by atoms with Crippen LogP contribution in [0.2, 0.25) is 0 Å². The van der Waals surface area contributed by atoms with Crippen LogP contribution < -0.4 is 5.32 Å². The Hall–Kier alpha value is -2.51. The van der Waals surface area contributed by atoms with Crippen LogP contribution in [-0.2, 0) is 0 Å². The number of rotatable bonds is 3. The summed E-state index contributed by atoms with van der Waals surface area (Å²) in [7, 11) is 0. The molecule has 0 atom stereocenters. The Kier molecular flexibility index (Phi) is 2.18. The fourth-order valence-electron chi connectivity index (χ4n) is 1.54. The van der Waals surface area contributed by atoms with Crippen molar-refractivity contribution >= 4 is 17.1 Å². The zero-order valence-corrected chi connectivity index (χ0v) is 9.12. The lowest BCUT2D eigenvalue weighted by Crippen LogP contribution is -2.07. The van der Waals surface area contributed by atoms with E-state index in [4.69, 9.17) is 0 Å². The summed E-state index contributed by atoms with van der Waals surface area (Å²) in [4.78, 5) is 19.7. The second-order valence-electron chi connectivity index (χ2n) is 3.34. The SMILES string of the molecule is CCNc1nc(-n2cncn2)c2[nH]cnc2n1. The van der Waals surface area contributed by atoms with Gasteiger partial charge in [-0.15, -0.1) is 0 Å². The minimum Gasteiger partial charge on any atom is -0.354 e. The average molecular weight is 230 g/mol. The molecule has 86 valence electrons. The van der Waals surface area contributed by atoms with Crippen molar-refractivity contribution in [2.45, 2.75) is 6.92 Å². The molecule has 0 aliphatic rings. The number of aromatic amines is 1. The second-order valence-corrected chi connectivity index (χ2v) is 3.34. The highest BCUT2D eigenvalue weighted by molar-refractivity contribution is 5.79. The van der Waals surface area contributed by atoms with Gasteiger partial charge in [0.25, 0.3) is 0 Å². The molecule has 17 heavy (non-hydrogen) atoms. The van der Waals surface area contributed by atoms with Gasteiger partial charge in [-0.1, -0.05) is 0 Å². The number of hydrogen-bond donors (Lipinski definition) is 2. The van der Waals surface area contributed by atoms with Crippen molar-refractivity contribution in [3.8, 4) is 5.82 Å². The highest BCUT2D eigenvalue weighted by Crippen LogP contribution is 2.16. The van der Waals surface area contributed by atoms with Crippen LogP contribution >= 0.6 is 0 Å². The Bertz CT molecular complexity index is 626. The zero-order chi connectivity index (χ0) is 11.7. The van der Waals surface area contributed by atoms with E-state index in [9.17, 15) is 0 Å². The molecule has 2 N–H and O–H groups in total. The van der Waals surface area contributed by atoms with Gasteiger partial charge in [0.05, 0.1) is 6.33 Å². The first-order valence-electron chi connectivity index (χ1n) is 5.18. The highest BCUT2D eigenvalue weighted by atomic mass is 15.4. The standard InChI is InChI=1S/C9H10N8/c1-2-11-9-15-7-6(12-4-13-7)8(16-9)17-5-10-3-14-17/h3-5H,2H2,1H3,(H2,11,12,13,15,16). The van der Waals surface area contributed by atoms with Crippen molar-refractivity contribution in [3.05, 3.63) is 19.0 Å². The fraction of sp³-hybridized carbons (Fsp3) is 0.222. The molecule has 0 amide bonds. The normalized spacial score (nSPS) is 10.9. The Morgan fingerprint density at radius 3 is 3.12 bits per heavy atom. The maximum Gasteiger partial charge on any atom is 0.226 e. The predicted molar refractivity (Wildman–Crippen MR) is 60.8 cm³/mol. The first kappa shape index (κ1) is 9.70. The number of fused-ring (bicyclic) bond motifs is 1. The summed E-state index contributed by atoms with van der Waals surface area (Å²) >= 11 is 0. The quantitative estimate of drug-likeness (QED) is 0.674. The van der Waals surface area contributed by atoms with Crippen LogP contribution in [0.4, 0.5) is 5.95 Å². The molecule has 3 rings (SSSR count). The summed E-state index contributed by atoms with van der Waals surface area (Å²) in [5, 5.41) is 7.11. The van der Waals surface area contributed by atoms with Crippen molar-refractivity contribution in [2.75, 3.05) is 11.9 Å². The maximum absolute atomic E-state index is 4.37. The summed E-state index contributed by atoms with van der Waals surface area (Å²) in [6.45, 7) is 2.72. The van der Waals surface area contributed by atoms with E-state index in [0.29, 0.717) is 17.4 Å². The van der Waals surface area contributed by atoms with Gasteiger partial charge >= 0.3 is 0 Å². The maximum atomic E-state index is 4.37. The molecule has 3 aromatic rings. The second kappa shape index (κ2) is 3.81. The van der Waals surface area contributed by atoms with Crippen LogP contribution in [0.15, 0.2) is 19.0 Å². The van der Waals surface area contributed by atoms with Gasteiger partial charge in [-0.25, -0.2) is 14.6 Å². The van der Waals surface area contributed by atoms with E-state index in [1.165, 1.54) is 6.33 Å². The topological polar surface area (TPSA) is 97.2 Å². The number of nitrogens with one attached hydrogen (secondary N) is 2. The number of hydrogen-bond acceptors (Lipinski definition) is 6. The van der Waals surface area contributed by atoms with E-state index in [1.54, 1.807) is 17.3 Å². The summed E-state index contributed by atoms with van der Waals surface area (Å²) in [6.07, 6.45) is 4.62. The Morgan fingerprint density at radius 1 is 1.41 bits per heavy atom. The third-order valence-corrected chi connectivity index (χ3v) is 2.24. The number of anilines is 1. The van der Waals surface area contributed by atoms with Crippen LogP contribution in [-0.4, -0.2) is 41.2 Å². The molecule has 3 heterocycles. The van der Waals surface area contributed by atoms with E-state index in [0.717, 1.165) is 12.1 Å². The third-order valence-electron chi connectivity index (χ3n) is 2.24. The van der Waals surface area contributed by atoms with Crippen LogP contribution in [0.1, 0.15) is 6.92 Å². The number of nitrogens with zero attached hydrogens (tertiary/aromatic N) is 6. The molecule has 0 spiro atoms. The molecule has 0 bridgehead atoms. The van der Waals surface area contributed by atoms with Crippen LogP contribution in [0.5, 0.6) is 0 Å². The molecule has 3 aromatic heterocycles. The van der Waals surface area contributed by atoms with Gasteiger partial charge in [0.1, 0.15) is 18.2 Å². The molecule has 0 aromatic carbocycles. The number of aromatic nitrogens is 7. The van der Waals surface area contributed by atoms with Gasteiger partial charge in [-0.3, -0.25) is 0 Å². The summed E-state index contributed by atoms with van der Waals surface area (Å²) in [6, 6.07) is 0. The van der Waals surface area contributed by atoms with E-state index in [1.807, 2.05) is 6.92 Å². The van der Waals surface area contributed by atoms with Crippen LogP contribution in [0.3, 0.4) is 0 Å². The van der Waals surface area contributed by atoms with Gasteiger partial charge < -0.3 is 10.3 Å². The van der Waals surface area contributed by atoms with Gasteiger partial charge in [-0.2, -0.15) is 15.1 Å². The van der Waals surface area contributed by atoms with Crippen LogP contribution in [0.25, 0.3) is 17.0 Å². The molecule has 0 aliphatic carbocycles. The van der Waals surface area contributed by atoms with E-state index >= 15 is 0 Å². The summed E-state index contributed by atoms with van der Waals surface area (Å²) in [5.41, 5.74) is 1.33. The lowest BCUT2D eigenvalue weighted by molar-refractivity contribution is 0.847. The van der Waals surface area contributed by atoms with Crippen molar-refractivity contribution < 1.29 is 0 Å². The predicted octanol–water partition coefficient (Wildman–Crippen LogP) is 0.365. The first-order chi connectivity index (χ1) is 8.38. The third kappa shape index (κ3) is 1.59. The molecular weight excluding hydrogens is 220 g/mol. The van der Waals surface area contributed by atoms with Crippen LogP contribution in [0, 0.1) is 0 Å². The lowest BCUT2D eigenvalue weighted by Gasteiger charge is -2.05. The molecule has 0 fully saturated rings. The molecule has 8 nitrogen and oxygen atoms in total.